The molecule has 0 aliphatic carbocycles. The van der Waals surface area contributed by atoms with Gasteiger partial charge in [-0.3, -0.25) is 4.79 Å². The quantitative estimate of drug-likeness (QED) is 0.769. The number of pyridine rings is 1. The van der Waals surface area contributed by atoms with E-state index in [1.165, 1.54) is 17.7 Å². The molecule has 0 spiro atoms. The minimum atomic E-state index is -1.19. The molecule has 0 aliphatic heterocycles. The van der Waals surface area contributed by atoms with Crippen molar-refractivity contribution in [1.29, 1.82) is 0 Å². The molecular formula is C7H6INO3. The Kier molecular flexibility index (Phi) is 2.51. The number of rotatable bonds is 1. The van der Waals surface area contributed by atoms with Gasteiger partial charge in [0, 0.05) is 16.8 Å². The van der Waals surface area contributed by atoms with Gasteiger partial charge in [-0.15, -0.1) is 0 Å². The fourth-order valence-corrected chi connectivity index (χ4v) is 1.55. The van der Waals surface area contributed by atoms with Gasteiger partial charge in [-0.1, -0.05) is 0 Å². The molecule has 0 unspecified atom stereocenters. The third kappa shape index (κ3) is 1.66. The number of carboxylic acids is 1. The van der Waals surface area contributed by atoms with E-state index in [2.05, 4.69) is 0 Å². The third-order valence-corrected chi connectivity index (χ3v) is 1.97. The molecule has 0 saturated carbocycles. The summed E-state index contributed by atoms with van der Waals surface area (Å²) in [5.41, 5.74) is -0.674. The van der Waals surface area contributed by atoms with Crippen molar-refractivity contribution in [2.75, 3.05) is 0 Å². The smallest absolute Gasteiger partial charge is 0.341 e. The molecule has 0 saturated heterocycles. The summed E-state index contributed by atoms with van der Waals surface area (Å²) >= 11 is 1.96. The number of carbonyl (C=O) groups is 1. The standard InChI is InChI=1S/C7H6INO3/c1-9-3-4(8)2-5(6(9)10)7(11)12/h2-3H,1H3,(H,11,12). The number of aromatic nitrogens is 1. The molecular weight excluding hydrogens is 273 g/mol. The first kappa shape index (κ1) is 9.24. The predicted molar refractivity (Wildman–Crippen MR) is 51.4 cm³/mol. The fraction of sp³-hybridized carbons (Fsp3) is 0.143. The third-order valence-electron chi connectivity index (χ3n) is 1.38. The van der Waals surface area contributed by atoms with E-state index in [9.17, 15) is 9.59 Å². The molecule has 0 atom stereocenters. The Balaban J connectivity index is 3.49. The van der Waals surface area contributed by atoms with Gasteiger partial charge in [-0.05, 0) is 28.7 Å². The Morgan fingerprint density at radius 3 is 2.75 bits per heavy atom. The first-order valence-corrected chi connectivity index (χ1v) is 4.19. The minimum Gasteiger partial charge on any atom is -0.477 e. The van der Waals surface area contributed by atoms with E-state index in [-0.39, 0.29) is 5.56 Å². The second kappa shape index (κ2) is 3.26. The molecule has 1 aromatic heterocycles. The van der Waals surface area contributed by atoms with Crippen molar-refractivity contribution < 1.29 is 9.90 Å². The van der Waals surface area contributed by atoms with E-state index < -0.39 is 11.5 Å². The Morgan fingerprint density at radius 2 is 2.25 bits per heavy atom. The van der Waals surface area contributed by atoms with Crippen molar-refractivity contribution in [3.63, 3.8) is 0 Å². The molecule has 64 valence electrons. The number of halogens is 1. The molecule has 0 amide bonds. The SMILES string of the molecule is Cn1cc(I)cc(C(=O)O)c1=O. The van der Waals surface area contributed by atoms with Gasteiger partial charge in [0.2, 0.25) is 0 Å². The molecule has 5 heteroatoms. The summed E-state index contributed by atoms with van der Waals surface area (Å²) in [6.45, 7) is 0. The summed E-state index contributed by atoms with van der Waals surface area (Å²) in [6, 6.07) is 1.35. The lowest BCUT2D eigenvalue weighted by molar-refractivity contribution is 0.0694. The van der Waals surface area contributed by atoms with E-state index in [1.807, 2.05) is 22.6 Å². The Bertz CT molecular complexity index is 383. The lowest BCUT2D eigenvalue weighted by atomic mass is 10.3. The maximum absolute atomic E-state index is 11.1. The molecule has 0 bridgehead atoms. The van der Waals surface area contributed by atoms with E-state index in [4.69, 9.17) is 5.11 Å². The molecule has 0 aromatic carbocycles. The average molecular weight is 279 g/mol. The second-order valence-corrected chi connectivity index (χ2v) is 3.54. The number of aromatic carboxylic acids is 1. The molecule has 1 heterocycles. The zero-order valence-corrected chi connectivity index (χ0v) is 8.40. The zero-order valence-electron chi connectivity index (χ0n) is 6.24. The van der Waals surface area contributed by atoms with Crippen molar-refractivity contribution in [3.8, 4) is 0 Å². The normalized spacial score (nSPS) is 9.83. The van der Waals surface area contributed by atoms with Gasteiger partial charge in [0.25, 0.3) is 5.56 Å². The van der Waals surface area contributed by atoms with Crippen LogP contribution in [0.4, 0.5) is 0 Å². The molecule has 0 fully saturated rings. The zero-order chi connectivity index (χ0) is 9.30. The average Bonchev–Trinajstić information content (AvgIpc) is 1.96. The van der Waals surface area contributed by atoms with Gasteiger partial charge in [0.1, 0.15) is 5.56 Å². The van der Waals surface area contributed by atoms with Crippen molar-refractivity contribution in [2.24, 2.45) is 7.05 Å². The molecule has 4 nitrogen and oxygen atoms in total. The van der Waals surface area contributed by atoms with Crippen LogP contribution in [-0.2, 0) is 7.05 Å². The summed E-state index contributed by atoms with van der Waals surface area (Å²) in [5.74, 6) is -1.19. The molecule has 0 aliphatic rings. The van der Waals surface area contributed by atoms with Gasteiger partial charge in [0.15, 0.2) is 0 Å². The maximum Gasteiger partial charge on any atom is 0.341 e. The highest BCUT2D eigenvalue weighted by molar-refractivity contribution is 14.1. The minimum absolute atomic E-state index is 0.190. The van der Waals surface area contributed by atoms with Crippen LogP contribution in [0.25, 0.3) is 0 Å². The van der Waals surface area contributed by atoms with Crippen molar-refractivity contribution in [1.82, 2.24) is 4.57 Å². The number of aryl methyl sites for hydroxylation is 1. The summed E-state index contributed by atoms with van der Waals surface area (Å²) in [6.07, 6.45) is 1.58. The summed E-state index contributed by atoms with van der Waals surface area (Å²) in [4.78, 5) is 21.7. The van der Waals surface area contributed by atoms with Gasteiger partial charge in [-0.25, -0.2) is 4.79 Å². The highest BCUT2D eigenvalue weighted by Crippen LogP contribution is 2.02. The lowest BCUT2D eigenvalue weighted by Gasteiger charge is -1.99. The van der Waals surface area contributed by atoms with Gasteiger partial charge >= 0.3 is 5.97 Å². The molecule has 1 N–H and O–H groups in total. The van der Waals surface area contributed by atoms with Crippen LogP contribution in [-0.4, -0.2) is 15.6 Å². The van der Waals surface area contributed by atoms with Gasteiger partial charge < -0.3 is 9.67 Å². The second-order valence-electron chi connectivity index (χ2n) is 2.29. The highest BCUT2D eigenvalue weighted by atomic mass is 127. The van der Waals surface area contributed by atoms with Crippen LogP contribution >= 0.6 is 22.6 Å². The Labute approximate surface area is 82.0 Å². The topological polar surface area (TPSA) is 59.3 Å². The van der Waals surface area contributed by atoms with E-state index in [0.29, 0.717) is 0 Å². The van der Waals surface area contributed by atoms with Gasteiger partial charge in [0.05, 0.1) is 0 Å². The summed E-state index contributed by atoms with van der Waals surface area (Å²) in [5, 5.41) is 8.60. The monoisotopic (exact) mass is 279 g/mol. The molecule has 1 aromatic rings. The van der Waals surface area contributed by atoms with Crippen molar-refractivity contribution in [3.05, 3.63) is 31.8 Å². The highest BCUT2D eigenvalue weighted by Gasteiger charge is 2.09. The predicted octanol–water partition coefficient (Wildman–Crippen LogP) is 0.688. The number of hydrogen-bond acceptors (Lipinski definition) is 2. The largest absolute Gasteiger partial charge is 0.477 e. The van der Waals surface area contributed by atoms with Crippen LogP contribution in [0.15, 0.2) is 17.1 Å². The summed E-state index contributed by atoms with van der Waals surface area (Å²) < 4.78 is 1.98. The Morgan fingerprint density at radius 1 is 1.67 bits per heavy atom. The van der Waals surface area contributed by atoms with Crippen LogP contribution in [0.2, 0.25) is 0 Å². The molecule has 0 radical (unpaired) electrons. The van der Waals surface area contributed by atoms with E-state index in [0.717, 1.165) is 3.57 Å². The lowest BCUT2D eigenvalue weighted by Crippen LogP contribution is -2.23. The maximum atomic E-state index is 11.1. The van der Waals surface area contributed by atoms with Crippen LogP contribution in [0.3, 0.4) is 0 Å². The van der Waals surface area contributed by atoms with Crippen LogP contribution < -0.4 is 5.56 Å². The fourth-order valence-electron chi connectivity index (χ4n) is 0.824. The molecule has 1 rings (SSSR count). The van der Waals surface area contributed by atoms with E-state index >= 15 is 0 Å². The number of carboxylic acid groups (broad SMARTS) is 1. The van der Waals surface area contributed by atoms with Crippen LogP contribution in [0, 0.1) is 3.57 Å². The van der Waals surface area contributed by atoms with E-state index in [1.54, 1.807) is 6.20 Å². The van der Waals surface area contributed by atoms with Crippen molar-refractivity contribution in [2.45, 2.75) is 0 Å². The number of nitrogens with zero attached hydrogens (tertiary/aromatic N) is 1. The van der Waals surface area contributed by atoms with Crippen molar-refractivity contribution >= 4 is 28.6 Å². The first-order chi connectivity index (χ1) is 5.52. The summed E-state index contributed by atoms with van der Waals surface area (Å²) in [7, 11) is 1.52. The van der Waals surface area contributed by atoms with Crippen LogP contribution in [0.5, 0.6) is 0 Å². The Hall–Kier alpha value is -0.850. The first-order valence-electron chi connectivity index (χ1n) is 3.12. The molecule has 12 heavy (non-hydrogen) atoms. The number of hydrogen-bond donors (Lipinski definition) is 1. The van der Waals surface area contributed by atoms with Gasteiger partial charge in [-0.2, -0.15) is 0 Å². The van der Waals surface area contributed by atoms with Crippen LogP contribution in [0.1, 0.15) is 10.4 Å².